The highest BCUT2D eigenvalue weighted by molar-refractivity contribution is 7.89. The van der Waals surface area contributed by atoms with Crippen LogP contribution in [0.1, 0.15) is 43.4 Å². The van der Waals surface area contributed by atoms with Crippen molar-refractivity contribution in [1.29, 1.82) is 0 Å². The number of nitrogens with one attached hydrogen (secondary N) is 2. The highest BCUT2D eigenvalue weighted by atomic mass is 32.2. The smallest absolute Gasteiger partial charge is 0.242 e. The molecule has 0 aliphatic heterocycles. The molecule has 186 valence electrons. The Kier molecular flexibility index (Phi) is 9.46. The molecule has 0 aliphatic rings. The first-order valence-electron chi connectivity index (χ1n) is 12.0. The third-order valence-corrected chi connectivity index (χ3v) is 7.16. The Bertz CT molecular complexity index is 1210. The fourth-order valence-electron chi connectivity index (χ4n) is 3.76. The molecule has 3 aromatic carbocycles. The number of unbranched alkanes of at least 4 members (excludes halogenated alkanes) is 1. The number of hydrogen-bond donors (Lipinski definition) is 2. The summed E-state index contributed by atoms with van der Waals surface area (Å²) in [5.41, 5.74) is 3.40. The summed E-state index contributed by atoms with van der Waals surface area (Å²) in [6, 6.07) is 20.7. The van der Waals surface area contributed by atoms with Gasteiger partial charge in [-0.25, -0.2) is 8.42 Å². The molecular weight excluding hydrogens is 460 g/mol. The predicted octanol–water partition coefficient (Wildman–Crippen LogP) is 5.26. The fraction of sp³-hybridized carbons (Fsp3) is 0.321. The van der Waals surface area contributed by atoms with Gasteiger partial charge in [-0.05, 0) is 80.1 Å². The van der Waals surface area contributed by atoms with Crippen LogP contribution in [0.15, 0.2) is 77.7 Å². The summed E-state index contributed by atoms with van der Waals surface area (Å²) in [4.78, 5) is 13.3. The minimum atomic E-state index is -3.95. The summed E-state index contributed by atoms with van der Waals surface area (Å²) < 4.78 is 34.6. The van der Waals surface area contributed by atoms with E-state index in [2.05, 4.69) is 17.0 Å². The monoisotopic (exact) mass is 494 g/mol. The van der Waals surface area contributed by atoms with Crippen LogP contribution in [0.4, 0.5) is 5.69 Å². The van der Waals surface area contributed by atoms with Crippen molar-refractivity contribution in [2.45, 2.75) is 57.4 Å². The zero-order valence-corrected chi connectivity index (χ0v) is 21.4. The van der Waals surface area contributed by atoms with Gasteiger partial charge in [-0.2, -0.15) is 4.72 Å². The van der Waals surface area contributed by atoms with Crippen LogP contribution in [0.3, 0.4) is 0 Å². The summed E-state index contributed by atoms with van der Waals surface area (Å²) in [5, 5.41) is 2.87. The molecule has 0 unspecified atom stereocenters. The average molecular weight is 495 g/mol. The van der Waals surface area contributed by atoms with Gasteiger partial charge in [0.05, 0.1) is 11.5 Å². The number of ether oxygens (including phenoxy) is 1. The lowest BCUT2D eigenvalue weighted by Gasteiger charge is -2.19. The molecule has 7 heteroatoms. The van der Waals surface area contributed by atoms with Gasteiger partial charge in [0.15, 0.2) is 0 Å². The third kappa shape index (κ3) is 7.67. The van der Waals surface area contributed by atoms with Gasteiger partial charge in [0.2, 0.25) is 15.9 Å². The van der Waals surface area contributed by atoms with Crippen molar-refractivity contribution in [2.75, 3.05) is 11.9 Å². The van der Waals surface area contributed by atoms with Crippen molar-refractivity contribution in [1.82, 2.24) is 4.72 Å². The summed E-state index contributed by atoms with van der Waals surface area (Å²) in [6.45, 7) is 6.31. The van der Waals surface area contributed by atoms with E-state index in [9.17, 15) is 13.2 Å². The van der Waals surface area contributed by atoms with Gasteiger partial charge in [0.25, 0.3) is 0 Å². The van der Waals surface area contributed by atoms with Crippen molar-refractivity contribution in [3.63, 3.8) is 0 Å². The maximum absolute atomic E-state index is 13.2. The zero-order valence-electron chi connectivity index (χ0n) is 20.6. The maximum atomic E-state index is 13.2. The van der Waals surface area contributed by atoms with Crippen LogP contribution < -0.4 is 14.8 Å². The largest absolute Gasteiger partial charge is 0.494 e. The second-order valence-corrected chi connectivity index (χ2v) is 10.2. The van der Waals surface area contributed by atoms with Gasteiger partial charge in [-0.3, -0.25) is 4.79 Å². The number of anilines is 1. The number of benzene rings is 3. The molecule has 1 atom stereocenters. The lowest BCUT2D eigenvalue weighted by Crippen LogP contribution is -2.45. The second kappa shape index (κ2) is 12.5. The van der Waals surface area contributed by atoms with Crippen molar-refractivity contribution in [3.8, 4) is 5.75 Å². The minimum Gasteiger partial charge on any atom is -0.494 e. The number of hydrogen-bond acceptors (Lipinski definition) is 4. The molecule has 2 N–H and O–H groups in total. The summed E-state index contributed by atoms with van der Waals surface area (Å²) in [5.74, 6) is 0.216. The summed E-state index contributed by atoms with van der Waals surface area (Å²) in [7, 11) is -3.95. The van der Waals surface area contributed by atoms with Crippen molar-refractivity contribution >= 4 is 21.6 Å². The molecule has 1 amide bonds. The Morgan fingerprint density at radius 1 is 0.943 bits per heavy atom. The maximum Gasteiger partial charge on any atom is 0.242 e. The van der Waals surface area contributed by atoms with Crippen molar-refractivity contribution < 1.29 is 17.9 Å². The van der Waals surface area contributed by atoms with E-state index in [1.54, 1.807) is 19.1 Å². The molecular formula is C28H34N2O4S. The average Bonchev–Trinajstić information content (AvgIpc) is 2.85. The SMILES string of the molecule is CCCCc1ccc(NC(=O)[C@H](Cc2ccccc2)NS(=O)(=O)c2ccc(OCC)c(C)c2)cc1. The predicted molar refractivity (Wildman–Crippen MR) is 140 cm³/mol. The Morgan fingerprint density at radius 3 is 2.29 bits per heavy atom. The Morgan fingerprint density at radius 2 is 1.66 bits per heavy atom. The molecule has 0 saturated heterocycles. The molecule has 0 aliphatic carbocycles. The first kappa shape index (κ1) is 26.4. The normalized spacial score (nSPS) is 12.2. The van der Waals surface area contributed by atoms with E-state index in [4.69, 9.17) is 4.74 Å². The highest BCUT2D eigenvalue weighted by Gasteiger charge is 2.26. The van der Waals surface area contributed by atoms with Gasteiger partial charge in [0.1, 0.15) is 11.8 Å². The lowest BCUT2D eigenvalue weighted by molar-refractivity contribution is -0.117. The van der Waals surface area contributed by atoms with Gasteiger partial charge >= 0.3 is 0 Å². The topological polar surface area (TPSA) is 84.5 Å². The zero-order chi connectivity index (χ0) is 25.3. The molecule has 0 fully saturated rings. The van der Waals surface area contributed by atoms with Crippen molar-refractivity contribution in [2.24, 2.45) is 0 Å². The van der Waals surface area contributed by atoms with Gasteiger partial charge in [-0.1, -0.05) is 55.8 Å². The van der Waals surface area contributed by atoms with E-state index < -0.39 is 22.0 Å². The van der Waals surface area contributed by atoms with E-state index >= 15 is 0 Å². The van der Waals surface area contributed by atoms with Crippen LogP contribution in [-0.2, 0) is 27.7 Å². The molecule has 35 heavy (non-hydrogen) atoms. The number of sulfonamides is 1. The lowest BCUT2D eigenvalue weighted by atomic mass is 10.1. The van der Waals surface area contributed by atoms with Crippen LogP contribution >= 0.6 is 0 Å². The van der Waals surface area contributed by atoms with Crippen LogP contribution in [0.25, 0.3) is 0 Å². The minimum absolute atomic E-state index is 0.0876. The second-order valence-electron chi connectivity index (χ2n) is 8.51. The molecule has 0 bridgehead atoms. The summed E-state index contributed by atoms with van der Waals surface area (Å²) in [6.07, 6.45) is 3.44. The Balaban J connectivity index is 1.81. The Labute approximate surface area is 208 Å². The molecule has 0 spiro atoms. The van der Waals surface area contributed by atoms with E-state index in [1.165, 1.54) is 11.6 Å². The van der Waals surface area contributed by atoms with Crippen molar-refractivity contribution in [3.05, 3.63) is 89.5 Å². The summed E-state index contributed by atoms with van der Waals surface area (Å²) >= 11 is 0. The number of aryl methyl sites for hydroxylation is 2. The van der Waals surface area contributed by atoms with E-state index in [0.29, 0.717) is 23.6 Å². The van der Waals surface area contributed by atoms with Crippen LogP contribution in [0.5, 0.6) is 5.75 Å². The molecule has 3 aromatic rings. The molecule has 3 rings (SSSR count). The van der Waals surface area contributed by atoms with E-state index in [0.717, 1.165) is 24.8 Å². The first-order chi connectivity index (χ1) is 16.8. The molecule has 0 heterocycles. The number of rotatable bonds is 12. The molecule has 6 nitrogen and oxygen atoms in total. The van der Waals surface area contributed by atoms with Crippen LogP contribution in [0.2, 0.25) is 0 Å². The fourth-order valence-corrected chi connectivity index (χ4v) is 5.04. The highest BCUT2D eigenvalue weighted by Crippen LogP contribution is 2.22. The van der Waals surface area contributed by atoms with Crippen LogP contribution in [-0.4, -0.2) is 27.0 Å². The number of carbonyl (C=O) groups excluding carboxylic acids is 1. The number of amides is 1. The number of carbonyl (C=O) groups is 1. The molecule has 0 aromatic heterocycles. The first-order valence-corrected chi connectivity index (χ1v) is 13.5. The standard InChI is InChI=1S/C28H34N2O4S/c1-4-6-10-22-13-15-24(16-14-22)29-28(31)26(20-23-11-8-7-9-12-23)30-35(32,33)25-17-18-27(34-5-2)21(3)19-25/h7-9,11-19,26,30H,4-6,10,20H2,1-3H3,(H,29,31)/t26-/m0/s1. The van der Waals surface area contributed by atoms with E-state index in [-0.39, 0.29) is 11.3 Å². The van der Waals surface area contributed by atoms with E-state index in [1.807, 2.05) is 61.5 Å². The molecule has 0 radical (unpaired) electrons. The third-order valence-electron chi connectivity index (χ3n) is 5.69. The van der Waals surface area contributed by atoms with Gasteiger partial charge in [0, 0.05) is 5.69 Å². The van der Waals surface area contributed by atoms with Gasteiger partial charge < -0.3 is 10.1 Å². The quantitative estimate of drug-likeness (QED) is 0.359. The van der Waals surface area contributed by atoms with Crippen LogP contribution in [0, 0.1) is 6.92 Å². The Hall–Kier alpha value is -3.16. The molecule has 0 saturated carbocycles. The van der Waals surface area contributed by atoms with Gasteiger partial charge in [-0.15, -0.1) is 0 Å².